The van der Waals surface area contributed by atoms with Crippen molar-refractivity contribution in [3.05, 3.63) is 29.3 Å². The molecule has 0 unspecified atom stereocenters. The fraction of sp³-hybridized carbons (Fsp3) is 0.333. The molecule has 0 radical (unpaired) electrons. The van der Waals surface area contributed by atoms with Crippen molar-refractivity contribution in [3.63, 3.8) is 0 Å². The number of hydrogen-bond acceptors (Lipinski definition) is 4. The molecule has 4 heteroatoms. The molecule has 0 saturated carbocycles. The molecule has 0 aromatic carbocycles. The Hall–Kier alpha value is -1.26. The monoisotopic (exact) mass is 231 g/mol. The molecule has 0 fully saturated rings. The molecule has 0 amide bonds. The van der Waals surface area contributed by atoms with Crippen LogP contribution in [0.25, 0.3) is 15.8 Å². The molecule has 3 nitrogen and oxygen atoms in total. The summed E-state index contributed by atoms with van der Waals surface area (Å²) < 4.78 is 1.22. The number of rotatable bonds is 1. The summed E-state index contributed by atoms with van der Waals surface area (Å²) >= 11 is 1.75. The fourth-order valence-electron chi connectivity index (χ4n) is 2.10. The van der Waals surface area contributed by atoms with Gasteiger partial charge < -0.3 is 4.90 Å². The summed E-state index contributed by atoms with van der Waals surface area (Å²) in [6, 6.07) is 2.03. The first-order valence-electron chi connectivity index (χ1n) is 5.41. The molecular weight excluding hydrogens is 218 g/mol. The topological polar surface area (TPSA) is 29.0 Å². The Morgan fingerprint density at radius 2 is 2.38 bits per heavy atom. The number of aromatic nitrogens is 2. The Kier molecular flexibility index (Phi) is 2.46. The van der Waals surface area contributed by atoms with Gasteiger partial charge in [-0.25, -0.2) is 0 Å². The van der Waals surface area contributed by atoms with Crippen LogP contribution in [0.1, 0.15) is 12.0 Å². The van der Waals surface area contributed by atoms with Crippen molar-refractivity contribution in [2.24, 2.45) is 0 Å². The normalized spacial score (nSPS) is 17.7. The second-order valence-electron chi connectivity index (χ2n) is 4.15. The van der Waals surface area contributed by atoms with Gasteiger partial charge in [0.2, 0.25) is 0 Å². The Bertz CT molecular complexity index is 544. The maximum absolute atomic E-state index is 4.24. The van der Waals surface area contributed by atoms with Crippen LogP contribution in [0.2, 0.25) is 0 Å². The fourth-order valence-corrected chi connectivity index (χ4v) is 3.01. The molecule has 16 heavy (non-hydrogen) atoms. The molecule has 0 atom stereocenters. The van der Waals surface area contributed by atoms with Crippen molar-refractivity contribution in [2.75, 3.05) is 20.1 Å². The Labute approximate surface area is 98.4 Å². The first kappa shape index (κ1) is 9.93. The minimum absolute atomic E-state index is 1.02. The molecule has 1 aliphatic heterocycles. The van der Waals surface area contributed by atoms with Crippen LogP contribution in [0.5, 0.6) is 0 Å². The van der Waals surface area contributed by atoms with E-state index in [4.69, 9.17) is 0 Å². The average molecular weight is 231 g/mol. The van der Waals surface area contributed by atoms with Crippen molar-refractivity contribution >= 4 is 27.1 Å². The van der Waals surface area contributed by atoms with Gasteiger partial charge in [-0.15, -0.1) is 16.4 Å². The van der Waals surface area contributed by atoms with Gasteiger partial charge in [0, 0.05) is 24.0 Å². The second kappa shape index (κ2) is 3.96. The van der Waals surface area contributed by atoms with Crippen molar-refractivity contribution in [1.29, 1.82) is 0 Å². The van der Waals surface area contributed by atoms with Gasteiger partial charge >= 0.3 is 0 Å². The van der Waals surface area contributed by atoms with Crippen LogP contribution in [0.15, 0.2) is 23.7 Å². The summed E-state index contributed by atoms with van der Waals surface area (Å²) in [5, 5.41) is 10.4. The van der Waals surface area contributed by atoms with E-state index in [0.29, 0.717) is 0 Å². The molecular formula is C12H13N3S. The molecule has 82 valence electrons. The molecule has 0 saturated heterocycles. The van der Waals surface area contributed by atoms with Gasteiger partial charge in [-0.05, 0) is 25.1 Å². The molecule has 2 aromatic rings. The summed E-state index contributed by atoms with van der Waals surface area (Å²) in [7, 11) is 2.16. The molecule has 0 N–H and O–H groups in total. The average Bonchev–Trinajstić information content (AvgIpc) is 2.72. The molecule has 0 spiro atoms. The highest BCUT2D eigenvalue weighted by atomic mass is 32.1. The Morgan fingerprint density at radius 3 is 3.25 bits per heavy atom. The van der Waals surface area contributed by atoms with Crippen LogP contribution in [0, 0.1) is 0 Å². The minimum atomic E-state index is 1.02. The first-order valence-corrected chi connectivity index (χ1v) is 6.29. The second-order valence-corrected chi connectivity index (χ2v) is 5.06. The summed E-state index contributed by atoms with van der Waals surface area (Å²) in [6.07, 6.45) is 5.21. The van der Waals surface area contributed by atoms with Crippen LogP contribution in [-0.2, 0) is 0 Å². The number of likely N-dealkylation sites (N-methyl/N-ethyl adjacent to an activating group) is 1. The summed E-state index contributed by atoms with van der Waals surface area (Å²) in [6.45, 7) is 2.17. The van der Waals surface area contributed by atoms with Crippen LogP contribution >= 0.6 is 11.3 Å². The van der Waals surface area contributed by atoms with E-state index in [1.165, 1.54) is 15.8 Å². The van der Waals surface area contributed by atoms with Crippen LogP contribution in [-0.4, -0.2) is 35.2 Å². The zero-order valence-electron chi connectivity index (χ0n) is 9.18. The van der Waals surface area contributed by atoms with Gasteiger partial charge in [0.1, 0.15) is 5.52 Å². The van der Waals surface area contributed by atoms with E-state index in [9.17, 15) is 0 Å². The van der Waals surface area contributed by atoms with E-state index in [2.05, 4.69) is 33.6 Å². The number of hydrogen-bond donors (Lipinski definition) is 0. The standard InChI is InChI=1S/C12H13N3S/c1-15-6-2-3-9(7-15)10-8-16-11-4-5-13-14-12(10)11/h3-5,8H,2,6-7H2,1H3. The molecule has 3 rings (SSSR count). The molecule has 0 aliphatic carbocycles. The van der Waals surface area contributed by atoms with E-state index in [1.54, 1.807) is 17.5 Å². The van der Waals surface area contributed by atoms with E-state index < -0.39 is 0 Å². The van der Waals surface area contributed by atoms with Crippen molar-refractivity contribution in [1.82, 2.24) is 15.1 Å². The van der Waals surface area contributed by atoms with Crippen molar-refractivity contribution < 1.29 is 0 Å². The van der Waals surface area contributed by atoms with Crippen molar-refractivity contribution in [3.8, 4) is 0 Å². The Morgan fingerprint density at radius 1 is 1.44 bits per heavy atom. The molecule has 1 aliphatic rings. The van der Waals surface area contributed by atoms with Gasteiger partial charge in [0.05, 0.1) is 10.9 Å². The summed E-state index contributed by atoms with van der Waals surface area (Å²) in [4.78, 5) is 2.34. The summed E-state index contributed by atoms with van der Waals surface area (Å²) in [5.41, 5.74) is 3.70. The molecule has 3 heterocycles. The highest BCUT2D eigenvalue weighted by molar-refractivity contribution is 7.17. The largest absolute Gasteiger partial charge is 0.302 e. The molecule has 0 bridgehead atoms. The number of fused-ring (bicyclic) bond motifs is 1. The van der Waals surface area contributed by atoms with Gasteiger partial charge in [-0.3, -0.25) is 0 Å². The van der Waals surface area contributed by atoms with Crippen LogP contribution in [0.4, 0.5) is 0 Å². The lowest BCUT2D eigenvalue weighted by atomic mass is 10.0. The first-order chi connectivity index (χ1) is 7.84. The van der Waals surface area contributed by atoms with Gasteiger partial charge in [-0.1, -0.05) is 6.08 Å². The molecule has 2 aromatic heterocycles. The van der Waals surface area contributed by atoms with E-state index in [0.717, 1.165) is 25.0 Å². The third-order valence-electron chi connectivity index (χ3n) is 2.93. The minimum Gasteiger partial charge on any atom is -0.302 e. The SMILES string of the molecule is CN1CCC=C(c2csc3ccnnc23)C1. The van der Waals surface area contributed by atoms with Gasteiger partial charge in [-0.2, -0.15) is 5.10 Å². The van der Waals surface area contributed by atoms with Gasteiger partial charge in [0.15, 0.2) is 0 Å². The number of thiophene rings is 1. The maximum atomic E-state index is 4.24. The summed E-state index contributed by atoms with van der Waals surface area (Å²) in [5.74, 6) is 0. The van der Waals surface area contributed by atoms with Crippen LogP contribution < -0.4 is 0 Å². The smallest absolute Gasteiger partial charge is 0.111 e. The predicted octanol–water partition coefficient (Wildman–Crippen LogP) is 2.41. The quantitative estimate of drug-likeness (QED) is 0.754. The lowest BCUT2D eigenvalue weighted by Gasteiger charge is -2.22. The zero-order chi connectivity index (χ0) is 11.0. The van der Waals surface area contributed by atoms with Crippen LogP contribution in [0.3, 0.4) is 0 Å². The highest BCUT2D eigenvalue weighted by Gasteiger charge is 2.14. The Balaban J connectivity index is 2.09. The number of nitrogens with zero attached hydrogens (tertiary/aromatic N) is 3. The predicted molar refractivity (Wildman–Crippen MR) is 67.5 cm³/mol. The lowest BCUT2D eigenvalue weighted by Crippen LogP contribution is -2.24. The lowest BCUT2D eigenvalue weighted by molar-refractivity contribution is 0.373. The maximum Gasteiger partial charge on any atom is 0.111 e. The zero-order valence-corrected chi connectivity index (χ0v) is 10.00. The van der Waals surface area contributed by atoms with Crippen molar-refractivity contribution in [2.45, 2.75) is 6.42 Å². The third-order valence-corrected chi connectivity index (χ3v) is 3.87. The van der Waals surface area contributed by atoms with E-state index in [1.807, 2.05) is 6.07 Å². The van der Waals surface area contributed by atoms with Gasteiger partial charge in [0.25, 0.3) is 0 Å². The van der Waals surface area contributed by atoms with E-state index >= 15 is 0 Å². The highest BCUT2D eigenvalue weighted by Crippen LogP contribution is 2.30. The third kappa shape index (κ3) is 1.64. The van der Waals surface area contributed by atoms with E-state index in [-0.39, 0.29) is 0 Å².